The highest BCUT2D eigenvalue weighted by atomic mass is 79.9. The minimum atomic E-state index is -0.570. The van der Waals surface area contributed by atoms with Crippen LogP contribution in [0.4, 0.5) is 4.39 Å². The highest BCUT2D eigenvalue weighted by molar-refractivity contribution is 9.10. The van der Waals surface area contributed by atoms with Crippen LogP contribution in [0.2, 0.25) is 0 Å². The summed E-state index contributed by atoms with van der Waals surface area (Å²) in [6.45, 7) is 3.37. The van der Waals surface area contributed by atoms with Crippen LogP contribution in [0, 0.1) is 12.7 Å². The maximum Gasteiger partial charge on any atom is 0.168 e. The molecule has 0 aromatic heterocycles. The van der Waals surface area contributed by atoms with E-state index in [1.54, 1.807) is 50.2 Å². The minimum Gasteiger partial charge on any atom is -0.454 e. The molecule has 0 saturated carbocycles. The molecule has 2 aromatic rings. The van der Waals surface area contributed by atoms with E-state index in [0.29, 0.717) is 11.3 Å². The molecule has 2 rings (SSSR count). The Morgan fingerprint density at radius 1 is 1.26 bits per heavy atom. The van der Waals surface area contributed by atoms with Crippen molar-refractivity contribution < 1.29 is 14.2 Å². The van der Waals surface area contributed by atoms with E-state index in [2.05, 4.69) is 15.9 Å². The van der Waals surface area contributed by atoms with E-state index in [4.69, 9.17) is 4.74 Å². The summed E-state index contributed by atoms with van der Waals surface area (Å²) >= 11 is 3.36. The van der Waals surface area contributed by atoms with Gasteiger partial charge in [-0.25, -0.2) is 4.39 Å². The molecule has 100 valence electrons. The number of aliphatic hydroxyl groups is 1. The van der Waals surface area contributed by atoms with Gasteiger partial charge in [-0.3, -0.25) is 0 Å². The van der Waals surface area contributed by atoms with Crippen LogP contribution in [0.3, 0.4) is 0 Å². The van der Waals surface area contributed by atoms with Crippen LogP contribution in [0.15, 0.2) is 40.9 Å². The Bertz CT molecular complexity index is 597. The van der Waals surface area contributed by atoms with Crippen molar-refractivity contribution in [2.75, 3.05) is 0 Å². The van der Waals surface area contributed by atoms with Crippen molar-refractivity contribution in [3.05, 3.63) is 57.8 Å². The second-order valence-electron chi connectivity index (χ2n) is 4.35. The van der Waals surface area contributed by atoms with Crippen LogP contribution in [0.25, 0.3) is 0 Å². The van der Waals surface area contributed by atoms with Gasteiger partial charge in [0.15, 0.2) is 11.6 Å². The highest BCUT2D eigenvalue weighted by Crippen LogP contribution is 2.31. The van der Waals surface area contributed by atoms with E-state index in [1.807, 2.05) is 0 Å². The maximum absolute atomic E-state index is 13.8. The lowest BCUT2D eigenvalue weighted by molar-refractivity contribution is 0.198. The van der Waals surface area contributed by atoms with Crippen molar-refractivity contribution in [3.8, 4) is 11.5 Å². The SMILES string of the molecule is Cc1cccc(Oc2ccc(C(C)O)c(Br)c2)c1F. The molecule has 2 nitrogen and oxygen atoms in total. The molecule has 1 N–H and O–H groups in total. The van der Waals surface area contributed by atoms with Crippen molar-refractivity contribution in [1.29, 1.82) is 0 Å². The Kier molecular flexibility index (Phi) is 4.22. The topological polar surface area (TPSA) is 29.5 Å². The Hall–Kier alpha value is -1.39. The molecule has 0 bridgehead atoms. The molecule has 0 spiro atoms. The van der Waals surface area contributed by atoms with Crippen LogP contribution >= 0.6 is 15.9 Å². The monoisotopic (exact) mass is 324 g/mol. The van der Waals surface area contributed by atoms with Gasteiger partial charge in [0.05, 0.1) is 6.10 Å². The minimum absolute atomic E-state index is 0.191. The molecule has 1 atom stereocenters. The van der Waals surface area contributed by atoms with Crippen molar-refractivity contribution in [1.82, 2.24) is 0 Å². The summed E-state index contributed by atoms with van der Waals surface area (Å²) in [4.78, 5) is 0. The third kappa shape index (κ3) is 3.14. The van der Waals surface area contributed by atoms with Gasteiger partial charge in [0.25, 0.3) is 0 Å². The lowest BCUT2D eigenvalue weighted by atomic mass is 10.1. The number of benzene rings is 2. The zero-order chi connectivity index (χ0) is 14.0. The third-order valence-electron chi connectivity index (χ3n) is 2.81. The summed E-state index contributed by atoms with van der Waals surface area (Å²) in [5.41, 5.74) is 1.30. The van der Waals surface area contributed by atoms with Gasteiger partial charge in [-0.2, -0.15) is 0 Å². The summed E-state index contributed by atoms with van der Waals surface area (Å²) in [5, 5.41) is 9.53. The van der Waals surface area contributed by atoms with E-state index >= 15 is 0 Å². The number of halogens is 2. The molecule has 0 aliphatic rings. The Morgan fingerprint density at radius 2 is 2.00 bits per heavy atom. The molecule has 2 aromatic carbocycles. The van der Waals surface area contributed by atoms with Gasteiger partial charge in [0.1, 0.15) is 5.75 Å². The Balaban J connectivity index is 2.29. The predicted molar refractivity (Wildman–Crippen MR) is 76.0 cm³/mol. The van der Waals surface area contributed by atoms with Crippen LogP contribution in [-0.4, -0.2) is 5.11 Å². The van der Waals surface area contributed by atoms with Gasteiger partial charge in [-0.05, 0) is 43.2 Å². The van der Waals surface area contributed by atoms with Gasteiger partial charge < -0.3 is 9.84 Å². The van der Waals surface area contributed by atoms with Gasteiger partial charge in [-0.15, -0.1) is 0 Å². The molecular formula is C15H14BrFO2. The second kappa shape index (κ2) is 5.72. The fourth-order valence-electron chi connectivity index (χ4n) is 1.74. The molecule has 0 saturated heterocycles. The number of rotatable bonds is 3. The lowest BCUT2D eigenvalue weighted by Gasteiger charge is -2.11. The van der Waals surface area contributed by atoms with Crippen LogP contribution in [-0.2, 0) is 0 Å². The summed E-state index contributed by atoms with van der Waals surface area (Å²) in [7, 11) is 0. The first-order valence-corrected chi connectivity index (χ1v) is 6.69. The molecule has 0 aliphatic heterocycles. The first-order valence-electron chi connectivity index (χ1n) is 5.89. The van der Waals surface area contributed by atoms with Gasteiger partial charge in [0.2, 0.25) is 0 Å². The van der Waals surface area contributed by atoms with Crippen molar-refractivity contribution in [2.24, 2.45) is 0 Å². The van der Waals surface area contributed by atoms with E-state index in [9.17, 15) is 9.50 Å². The molecule has 0 fully saturated rings. The second-order valence-corrected chi connectivity index (χ2v) is 5.20. The zero-order valence-electron chi connectivity index (χ0n) is 10.7. The van der Waals surface area contributed by atoms with Crippen molar-refractivity contribution in [3.63, 3.8) is 0 Å². The Labute approximate surface area is 120 Å². The van der Waals surface area contributed by atoms with Gasteiger partial charge >= 0.3 is 0 Å². The molecule has 1 unspecified atom stereocenters. The fraction of sp³-hybridized carbons (Fsp3) is 0.200. The molecular weight excluding hydrogens is 311 g/mol. The molecule has 0 radical (unpaired) electrons. The van der Waals surface area contributed by atoms with Crippen molar-refractivity contribution >= 4 is 15.9 Å². The number of hydrogen-bond acceptors (Lipinski definition) is 2. The standard InChI is InChI=1S/C15H14BrFO2/c1-9-4-3-5-14(15(9)17)19-11-6-7-12(10(2)18)13(16)8-11/h3-8,10,18H,1-2H3. The normalized spacial score (nSPS) is 12.3. The summed E-state index contributed by atoms with van der Waals surface area (Å²) in [6.07, 6.45) is -0.570. The Morgan fingerprint density at radius 3 is 2.63 bits per heavy atom. The van der Waals surface area contributed by atoms with E-state index in [1.165, 1.54) is 0 Å². The van der Waals surface area contributed by atoms with E-state index in [0.717, 1.165) is 10.0 Å². The first-order chi connectivity index (χ1) is 8.99. The van der Waals surface area contributed by atoms with Crippen LogP contribution in [0.1, 0.15) is 24.2 Å². The average molecular weight is 325 g/mol. The summed E-state index contributed by atoms with van der Waals surface area (Å²) in [5.74, 6) is 0.343. The van der Waals surface area contributed by atoms with E-state index in [-0.39, 0.29) is 11.6 Å². The summed E-state index contributed by atoms with van der Waals surface area (Å²) < 4.78 is 20.1. The zero-order valence-corrected chi connectivity index (χ0v) is 12.2. The van der Waals surface area contributed by atoms with Crippen LogP contribution in [0.5, 0.6) is 11.5 Å². The van der Waals surface area contributed by atoms with Crippen LogP contribution < -0.4 is 4.74 Å². The molecule has 4 heteroatoms. The first kappa shape index (κ1) is 14.0. The third-order valence-corrected chi connectivity index (χ3v) is 3.49. The van der Waals surface area contributed by atoms with E-state index < -0.39 is 6.10 Å². The molecule has 0 amide bonds. The van der Waals surface area contributed by atoms with Gasteiger partial charge in [-0.1, -0.05) is 34.1 Å². The number of aliphatic hydroxyl groups excluding tert-OH is 1. The van der Waals surface area contributed by atoms with Gasteiger partial charge in [0, 0.05) is 4.47 Å². The summed E-state index contributed by atoms with van der Waals surface area (Å²) in [6, 6.07) is 10.2. The van der Waals surface area contributed by atoms with Crippen molar-refractivity contribution in [2.45, 2.75) is 20.0 Å². The smallest absolute Gasteiger partial charge is 0.168 e. The number of hydrogen-bond donors (Lipinski definition) is 1. The molecule has 19 heavy (non-hydrogen) atoms. The molecule has 0 heterocycles. The maximum atomic E-state index is 13.8. The quantitative estimate of drug-likeness (QED) is 0.883. The average Bonchev–Trinajstić information content (AvgIpc) is 2.34. The molecule has 0 aliphatic carbocycles. The predicted octanol–water partition coefficient (Wildman–Crippen LogP) is 4.74. The highest BCUT2D eigenvalue weighted by Gasteiger charge is 2.10. The largest absolute Gasteiger partial charge is 0.454 e. The lowest BCUT2D eigenvalue weighted by Crippen LogP contribution is -1.94. The number of aryl methyl sites for hydroxylation is 1. The fourth-order valence-corrected chi connectivity index (χ4v) is 2.43. The number of ether oxygens (including phenoxy) is 1.